The molecule has 0 atom stereocenters. The average molecular weight is 235 g/mol. The first-order valence-corrected chi connectivity index (χ1v) is 5.29. The summed E-state index contributed by atoms with van der Waals surface area (Å²) in [5.41, 5.74) is -0.304. The number of aromatic nitrogens is 5. The van der Waals surface area contributed by atoms with E-state index in [1.54, 1.807) is 11.6 Å². The second-order valence-electron chi connectivity index (χ2n) is 3.69. The van der Waals surface area contributed by atoms with Gasteiger partial charge in [0.2, 0.25) is 0 Å². The van der Waals surface area contributed by atoms with Crippen LogP contribution in [0.1, 0.15) is 18.3 Å². The number of nitrogens with zero attached hydrogens (tertiary/aromatic N) is 4. The van der Waals surface area contributed by atoms with Crippen molar-refractivity contribution in [1.82, 2.24) is 24.3 Å². The number of aryl methyl sites for hydroxylation is 2. The molecule has 0 amide bonds. The average Bonchev–Trinajstić information content (AvgIpc) is 2.73. The van der Waals surface area contributed by atoms with Crippen molar-refractivity contribution in [3.05, 3.63) is 44.8 Å². The molecule has 0 aliphatic heterocycles. The molecule has 0 fully saturated rings. The SMILES string of the molecule is CCn1ncnc1Cn1cc(C)c(=O)[nH]c1=O. The highest BCUT2D eigenvalue weighted by molar-refractivity contribution is 5.02. The van der Waals surface area contributed by atoms with Crippen LogP contribution in [-0.2, 0) is 13.1 Å². The van der Waals surface area contributed by atoms with E-state index in [1.165, 1.54) is 17.1 Å². The molecule has 2 aromatic heterocycles. The van der Waals surface area contributed by atoms with E-state index in [0.717, 1.165) is 0 Å². The molecule has 0 bridgehead atoms. The quantitative estimate of drug-likeness (QED) is 0.777. The molecule has 0 unspecified atom stereocenters. The van der Waals surface area contributed by atoms with Crippen LogP contribution in [0.25, 0.3) is 0 Å². The number of hydrogen-bond donors (Lipinski definition) is 1. The van der Waals surface area contributed by atoms with Crippen LogP contribution in [0.2, 0.25) is 0 Å². The summed E-state index contributed by atoms with van der Waals surface area (Å²) in [6.07, 6.45) is 2.97. The van der Waals surface area contributed by atoms with Crippen LogP contribution in [0.5, 0.6) is 0 Å². The maximum Gasteiger partial charge on any atom is 0.328 e. The Kier molecular flexibility index (Phi) is 2.90. The summed E-state index contributed by atoms with van der Waals surface area (Å²) in [7, 11) is 0. The third kappa shape index (κ3) is 2.17. The van der Waals surface area contributed by atoms with Crippen molar-refractivity contribution in [2.75, 3.05) is 0 Å². The van der Waals surface area contributed by atoms with Crippen LogP contribution in [-0.4, -0.2) is 24.3 Å². The van der Waals surface area contributed by atoms with Gasteiger partial charge in [-0.3, -0.25) is 14.3 Å². The summed E-state index contributed by atoms with van der Waals surface area (Å²) in [5.74, 6) is 0.682. The highest BCUT2D eigenvalue weighted by Crippen LogP contribution is 1.96. The Morgan fingerprint density at radius 3 is 2.88 bits per heavy atom. The van der Waals surface area contributed by atoms with Gasteiger partial charge < -0.3 is 0 Å². The van der Waals surface area contributed by atoms with Gasteiger partial charge in [-0.05, 0) is 13.8 Å². The first kappa shape index (κ1) is 11.3. The predicted octanol–water partition coefficient (Wildman–Crippen LogP) is -0.495. The normalized spacial score (nSPS) is 10.7. The topological polar surface area (TPSA) is 85.6 Å². The third-order valence-electron chi connectivity index (χ3n) is 2.50. The van der Waals surface area contributed by atoms with Gasteiger partial charge in [0.15, 0.2) is 0 Å². The second-order valence-corrected chi connectivity index (χ2v) is 3.69. The zero-order valence-corrected chi connectivity index (χ0v) is 9.67. The number of rotatable bonds is 3. The summed E-state index contributed by atoms with van der Waals surface area (Å²) >= 11 is 0. The van der Waals surface area contributed by atoms with E-state index < -0.39 is 5.69 Å². The zero-order valence-electron chi connectivity index (χ0n) is 9.67. The number of hydrogen-bond acceptors (Lipinski definition) is 4. The van der Waals surface area contributed by atoms with Gasteiger partial charge in [-0.15, -0.1) is 0 Å². The van der Waals surface area contributed by atoms with E-state index >= 15 is 0 Å². The smallest absolute Gasteiger partial charge is 0.293 e. The minimum absolute atomic E-state index is 0.296. The van der Waals surface area contributed by atoms with Gasteiger partial charge >= 0.3 is 5.69 Å². The van der Waals surface area contributed by atoms with Gasteiger partial charge in [0.1, 0.15) is 12.2 Å². The maximum atomic E-state index is 11.6. The molecular weight excluding hydrogens is 222 g/mol. The van der Waals surface area contributed by atoms with E-state index in [1.807, 2.05) is 6.92 Å². The molecule has 7 heteroatoms. The predicted molar refractivity (Wildman–Crippen MR) is 60.9 cm³/mol. The Morgan fingerprint density at radius 2 is 2.18 bits per heavy atom. The molecule has 2 aromatic rings. The molecule has 0 radical (unpaired) electrons. The lowest BCUT2D eigenvalue weighted by atomic mass is 10.4. The molecule has 17 heavy (non-hydrogen) atoms. The first-order chi connectivity index (χ1) is 8.11. The monoisotopic (exact) mass is 235 g/mol. The number of aromatic amines is 1. The van der Waals surface area contributed by atoms with Gasteiger partial charge in [-0.1, -0.05) is 0 Å². The fraction of sp³-hybridized carbons (Fsp3) is 0.400. The second kappa shape index (κ2) is 4.36. The molecule has 0 saturated heterocycles. The molecule has 7 nitrogen and oxygen atoms in total. The number of nitrogens with one attached hydrogen (secondary N) is 1. The minimum Gasteiger partial charge on any atom is -0.293 e. The lowest BCUT2D eigenvalue weighted by Crippen LogP contribution is -2.31. The Balaban J connectivity index is 2.40. The Morgan fingerprint density at radius 1 is 1.41 bits per heavy atom. The standard InChI is InChI=1S/C10H13N5O2/c1-3-15-8(11-6-12-15)5-14-4-7(2)9(16)13-10(14)17/h4,6H,3,5H2,1-2H3,(H,13,16,17). The highest BCUT2D eigenvalue weighted by Gasteiger charge is 2.06. The molecule has 0 aliphatic carbocycles. The maximum absolute atomic E-state index is 11.6. The highest BCUT2D eigenvalue weighted by atomic mass is 16.2. The summed E-state index contributed by atoms with van der Waals surface area (Å²) in [6, 6.07) is 0. The molecule has 1 N–H and O–H groups in total. The summed E-state index contributed by atoms with van der Waals surface area (Å²) in [4.78, 5) is 29.1. The molecular formula is C10H13N5O2. The van der Waals surface area contributed by atoms with Gasteiger partial charge in [-0.2, -0.15) is 5.10 Å². The molecule has 2 heterocycles. The van der Waals surface area contributed by atoms with Crippen molar-refractivity contribution in [3.63, 3.8) is 0 Å². The van der Waals surface area contributed by atoms with Crippen molar-refractivity contribution in [1.29, 1.82) is 0 Å². The molecule has 0 spiro atoms. The lowest BCUT2D eigenvalue weighted by Gasteiger charge is -2.06. The summed E-state index contributed by atoms with van der Waals surface area (Å²) in [5, 5.41) is 4.02. The largest absolute Gasteiger partial charge is 0.328 e. The van der Waals surface area contributed by atoms with Crippen LogP contribution in [0.3, 0.4) is 0 Å². The lowest BCUT2D eigenvalue weighted by molar-refractivity contribution is 0.578. The van der Waals surface area contributed by atoms with Gasteiger partial charge in [-0.25, -0.2) is 14.5 Å². The van der Waals surface area contributed by atoms with Crippen LogP contribution < -0.4 is 11.2 Å². The Bertz CT molecular complexity index is 637. The van der Waals surface area contributed by atoms with Crippen molar-refractivity contribution in [3.8, 4) is 0 Å². The van der Waals surface area contributed by atoms with Gasteiger partial charge in [0.05, 0.1) is 6.54 Å². The molecule has 90 valence electrons. The van der Waals surface area contributed by atoms with Crippen molar-refractivity contribution < 1.29 is 0 Å². The van der Waals surface area contributed by atoms with E-state index in [4.69, 9.17) is 0 Å². The van der Waals surface area contributed by atoms with Gasteiger partial charge in [0, 0.05) is 18.3 Å². The molecule has 2 rings (SSSR count). The van der Waals surface area contributed by atoms with E-state index in [9.17, 15) is 9.59 Å². The van der Waals surface area contributed by atoms with Crippen LogP contribution >= 0.6 is 0 Å². The summed E-state index contributed by atoms with van der Waals surface area (Å²) in [6.45, 7) is 4.58. The Hall–Kier alpha value is -2.18. The first-order valence-electron chi connectivity index (χ1n) is 5.29. The summed E-state index contributed by atoms with van der Waals surface area (Å²) < 4.78 is 3.11. The molecule has 0 saturated carbocycles. The fourth-order valence-corrected chi connectivity index (χ4v) is 1.56. The molecule has 0 aliphatic rings. The third-order valence-corrected chi connectivity index (χ3v) is 2.50. The van der Waals surface area contributed by atoms with Crippen molar-refractivity contribution in [2.45, 2.75) is 26.9 Å². The number of H-pyrrole nitrogens is 1. The Labute approximate surface area is 96.7 Å². The van der Waals surface area contributed by atoms with Crippen LogP contribution in [0.4, 0.5) is 0 Å². The van der Waals surface area contributed by atoms with Crippen molar-refractivity contribution >= 4 is 0 Å². The van der Waals surface area contributed by atoms with Crippen LogP contribution in [0, 0.1) is 6.92 Å². The van der Waals surface area contributed by atoms with Crippen LogP contribution in [0.15, 0.2) is 22.1 Å². The fourth-order valence-electron chi connectivity index (χ4n) is 1.56. The van der Waals surface area contributed by atoms with Crippen molar-refractivity contribution in [2.24, 2.45) is 0 Å². The van der Waals surface area contributed by atoms with E-state index in [0.29, 0.717) is 24.5 Å². The molecule has 0 aromatic carbocycles. The minimum atomic E-state index is -0.439. The van der Waals surface area contributed by atoms with E-state index in [-0.39, 0.29) is 5.56 Å². The van der Waals surface area contributed by atoms with Gasteiger partial charge in [0.25, 0.3) is 5.56 Å². The van der Waals surface area contributed by atoms with E-state index in [2.05, 4.69) is 15.1 Å². The zero-order chi connectivity index (χ0) is 12.4.